The first-order valence-electron chi connectivity index (χ1n) is 9.26. The van der Waals surface area contributed by atoms with Crippen LogP contribution < -0.4 is 0 Å². The highest BCUT2D eigenvalue weighted by atomic mass is 16.3. The third kappa shape index (κ3) is 2.89. The van der Waals surface area contributed by atoms with E-state index in [1.807, 2.05) is 12.1 Å². The van der Waals surface area contributed by atoms with Crippen LogP contribution >= 0.6 is 0 Å². The number of unbranched alkanes of at least 4 members (excludes halogenated alkanes) is 3. The summed E-state index contributed by atoms with van der Waals surface area (Å²) in [7, 11) is 2.19. The van der Waals surface area contributed by atoms with Gasteiger partial charge in [0.1, 0.15) is 5.75 Å². The molecule has 0 amide bonds. The monoisotopic (exact) mass is 317 g/mol. The summed E-state index contributed by atoms with van der Waals surface area (Å²) >= 11 is 0. The molecule has 2 N–H and O–H groups in total. The number of phenols is 1. The number of fused-ring (bicyclic) bond motifs is 4. The molecular formula is C20H31NO2. The number of likely N-dealkylation sites (tertiary alicyclic amines) is 1. The highest BCUT2D eigenvalue weighted by molar-refractivity contribution is 5.44. The third-order valence-corrected chi connectivity index (χ3v) is 6.38. The van der Waals surface area contributed by atoms with Crippen LogP contribution in [0.4, 0.5) is 0 Å². The zero-order valence-corrected chi connectivity index (χ0v) is 14.6. The lowest BCUT2D eigenvalue weighted by atomic mass is 9.55. The van der Waals surface area contributed by atoms with Crippen molar-refractivity contribution < 1.29 is 10.2 Å². The van der Waals surface area contributed by atoms with Crippen LogP contribution in [0, 0.1) is 5.92 Å². The zero-order chi connectivity index (χ0) is 16.4. The Kier molecular flexibility index (Phi) is 4.98. The lowest BCUT2D eigenvalue weighted by Gasteiger charge is -2.56. The van der Waals surface area contributed by atoms with Gasteiger partial charge in [-0.15, -0.1) is 0 Å². The second-order valence-corrected chi connectivity index (χ2v) is 7.60. The van der Waals surface area contributed by atoms with Crippen LogP contribution in [0.1, 0.15) is 56.6 Å². The van der Waals surface area contributed by atoms with E-state index in [9.17, 15) is 10.2 Å². The fourth-order valence-corrected chi connectivity index (χ4v) is 5.07. The molecular weight excluding hydrogens is 286 g/mol. The molecule has 1 unspecified atom stereocenters. The number of hydrogen-bond donors (Lipinski definition) is 2. The van der Waals surface area contributed by atoms with Crippen molar-refractivity contribution in [3.05, 3.63) is 29.3 Å². The van der Waals surface area contributed by atoms with Gasteiger partial charge >= 0.3 is 0 Å². The molecule has 0 radical (unpaired) electrons. The molecule has 2 aliphatic rings. The number of rotatable bonds is 6. The summed E-state index contributed by atoms with van der Waals surface area (Å²) in [5.74, 6) is 0.655. The van der Waals surface area contributed by atoms with Crippen LogP contribution in [0.3, 0.4) is 0 Å². The minimum absolute atomic E-state index is 0.0476. The summed E-state index contributed by atoms with van der Waals surface area (Å²) in [6, 6.07) is 6.33. The maximum absolute atomic E-state index is 10.2. The predicted molar refractivity (Wildman–Crippen MR) is 93.9 cm³/mol. The van der Waals surface area contributed by atoms with Gasteiger partial charge in [0.25, 0.3) is 0 Å². The largest absolute Gasteiger partial charge is 0.508 e. The number of piperidine rings is 1. The molecule has 3 nitrogen and oxygen atoms in total. The third-order valence-electron chi connectivity index (χ3n) is 6.38. The Morgan fingerprint density at radius 3 is 2.83 bits per heavy atom. The van der Waals surface area contributed by atoms with E-state index in [-0.39, 0.29) is 17.9 Å². The minimum atomic E-state index is 0.0476. The van der Waals surface area contributed by atoms with Gasteiger partial charge in [-0.1, -0.05) is 38.7 Å². The molecule has 2 bridgehead atoms. The van der Waals surface area contributed by atoms with Gasteiger partial charge < -0.3 is 15.1 Å². The van der Waals surface area contributed by atoms with E-state index in [4.69, 9.17) is 0 Å². The Hall–Kier alpha value is -1.06. The number of aromatic hydroxyl groups is 1. The van der Waals surface area contributed by atoms with E-state index in [0.29, 0.717) is 11.8 Å². The molecule has 23 heavy (non-hydrogen) atoms. The number of benzene rings is 1. The molecule has 1 aliphatic heterocycles. The second kappa shape index (κ2) is 6.82. The predicted octanol–water partition coefficient (Wildman–Crippen LogP) is 3.47. The van der Waals surface area contributed by atoms with E-state index >= 15 is 0 Å². The van der Waals surface area contributed by atoms with Crippen molar-refractivity contribution in [1.82, 2.24) is 4.90 Å². The number of phenolic OH excluding ortho intramolecular Hbond substituents is 1. The highest BCUT2D eigenvalue weighted by Gasteiger charge is 2.51. The van der Waals surface area contributed by atoms with Gasteiger partial charge in [-0.3, -0.25) is 0 Å². The first-order valence-corrected chi connectivity index (χ1v) is 9.26. The summed E-state index contributed by atoms with van der Waals surface area (Å²) < 4.78 is 0. The summed E-state index contributed by atoms with van der Waals surface area (Å²) in [4.78, 5) is 2.43. The Bertz CT molecular complexity index is 544. The first-order chi connectivity index (χ1) is 11.1. The van der Waals surface area contributed by atoms with Crippen LogP contribution in [-0.2, 0) is 11.8 Å². The number of hydrogen-bond acceptors (Lipinski definition) is 3. The fraction of sp³-hybridized carbons (Fsp3) is 0.700. The van der Waals surface area contributed by atoms with Crippen molar-refractivity contribution in [1.29, 1.82) is 0 Å². The highest BCUT2D eigenvalue weighted by Crippen LogP contribution is 2.52. The normalized spacial score (nSPS) is 30.2. The first kappa shape index (κ1) is 16.8. The number of aliphatic hydroxyl groups excluding tert-OH is 1. The van der Waals surface area contributed by atoms with Crippen molar-refractivity contribution >= 4 is 0 Å². The van der Waals surface area contributed by atoms with Gasteiger partial charge in [-0.25, -0.2) is 0 Å². The van der Waals surface area contributed by atoms with E-state index in [2.05, 4.69) is 24.9 Å². The zero-order valence-electron chi connectivity index (χ0n) is 14.6. The quantitative estimate of drug-likeness (QED) is 0.790. The summed E-state index contributed by atoms with van der Waals surface area (Å²) in [6.45, 7) is 3.58. The number of nitrogens with zero attached hydrogens (tertiary/aromatic N) is 1. The van der Waals surface area contributed by atoms with Crippen LogP contribution in [0.5, 0.6) is 5.75 Å². The molecule has 0 aromatic heterocycles. The van der Waals surface area contributed by atoms with Gasteiger partial charge in [0.2, 0.25) is 0 Å². The number of likely N-dealkylation sites (N-methyl/N-ethyl adjacent to an activating group) is 1. The number of aliphatic hydroxyl groups is 1. The molecule has 1 aromatic rings. The van der Waals surface area contributed by atoms with E-state index in [0.717, 1.165) is 25.8 Å². The lowest BCUT2D eigenvalue weighted by Crippen LogP contribution is -2.60. The standard InChI is InChI=1S/C20H31NO2/c1-3-4-5-6-9-20-10-11-21(2)19(18(20)14-22)12-15-7-8-16(23)13-17(15)20/h7-8,13,18-19,22-23H,3-6,9-12,14H2,1-2H3/t18-,19?,20-/m1/s1. The molecule has 1 aromatic carbocycles. The van der Waals surface area contributed by atoms with E-state index in [1.165, 1.54) is 36.8 Å². The Balaban J connectivity index is 1.98. The van der Waals surface area contributed by atoms with Gasteiger partial charge in [-0.2, -0.15) is 0 Å². The van der Waals surface area contributed by atoms with Gasteiger partial charge in [0.15, 0.2) is 0 Å². The maximum Gasteiger partial charge on any atom is 0.115 e. The molecule has 3 atom stereocenters. The lowest BCUT2D eigenvalue weighted by molar-refractivity contribution is -0.00779. The smallest absolute Gasteiger partial charge is 0.115 e. The van der Waals surface area contributed by atoms with Crippen molar-refractivity contribution in [2.75, 3.05) is 20.2 Å². The van der Waals surface area contributed by atoms with Gasteiger partial charge in [0.05, 0.1) is 0 Å². The Morgan fingerprint density at radius 2 is 2.09 bits per heavy atom. The van der Waals surface area contributed by atoms with Crippen LogP contribution in [-0.4, -0.2) is 41.4 Å². The van der Waals surface area contributed by atoms with Crippen molar-refractivity contribution in [2.24, 2.45) is 5.92 Å². The summed E-state index contributed by atoms with van der Waals surface area (Å²) in [5.41, 5.74) is 2.74. The van der Waals surface area contributed by atoms with Crippen molar-refractivity contribution in [3.8, 4) is 5.75 Å². The molecule has 0 spiro atoms. The van der Waals surface area contributed by atoms with E-state index in [1.54, 1.807) is 0 Å². The van der Waals surface area contributed by atoms with Gasteiger partial charge in [-0.05, 0) is 56.1 Å². The molecule has 1 fully saturated rings. The van der Waals surface area contributed by atoms with Gasteiger partial charge in [0, 0.05) is 24.0 Å². The van der Waals surface area contributed by atoms with Crippen molar-refractivity contribution in [3.63, 3.8) is 0 Å². The van der Waals surface area contributed by atoms with Crippen molar-refractivity contribution in [2.45, 2.75) is 63.3 Å². The summed E-state index contributed by atoms with van der Waals surface area (Å²) in [5, 5.41) is 20.2. The van der Waals surface area contributed by atoms with Crippen LogP contribution in [0.15, 0.2) is 18.2 Å². The van der Waals surface area contributed by atoms with Crippen LogP contribution in [0.25, 0.3) is 0 Å². The molecule has 1 aliphatic carbocycles. The molecule has 1 saturated heterocycles. The summed E-state index contributed by atoms with van der Waals surface area (Å²) in [6.07, 6.45) is 8.25. The SMILES string of the molecule is CCCCCC[C@@]12CCN(C)C(Cc3ccc(O)cc31)[C@H]2CO. The fourth-order valence-electron chi connectivity index (χ4n) is 5.07. The maximum atomic E-state index is 10.2. The van der Waals surface area contributed by atoms with Crippen LogP contribution in [0.2, 0.25) is 0 Å². The molecule has 3 heteroatoms. The molecule has 128 valence electrons. The Morgan fingerprint density at radius 1 is 1.26 bits per heavy atom. The average Bonchev–Trinajstić information content (AvgIpc) is 2.55. The molecule has 0 saturated carbocycles. The Labute approximate surface area is 140 Å². The topological polar surface area (TPSA) is 43.7 Å². The minimum Gasteiger partial charge on any atom is -0.508 e. The second-order valence-electron chi connectivity index (χ2n) is 7.60. The van der Waals surface area contributed by atoms with E-state index < -0.39 is 0 Å². The molecule has 1 heterocycles. The average molecular weight is 317 g/mol. The molecule has 3 rings (SSSR count).